The minimum Gasteiger partial charge on any atom is -0.507 e. The van der Waals surface area contributed by atoms with Gasteiger partial charge in [0, 0.05) is 38.5 Å². The second-order valence-corrected chi connectivity index (χ2v) is 19.1. The van der Waals surface area contributed by atoms with E-state index in [1.54, 1.807) is 18.3 Å². The SMILES string of the molecule is [2H]c1c([2H])c([2H])c(-c2ccnc(-c3[c-]c(-c4cccc5c4nc(-c4cc(C)cc(C)c4O)n5-c4cc(C(C)(C)C)ccc4-c4ccc(C(C)(C)C)cc4)cc(C(C)(C)C)c3)c2)c([2H])c1[2H].[Pt]. The van der Waals surface area contributed by atoms with Gasteiger partial charge >= 0.3 is 0 Å². The summed E-state index contributed by atoms with van der Waals surface area (Å²) in [4.78, 5) is 10.3. The van der Waals surface area contributed by atoms with Crippen molar-refractivity contribution in [2.45, 2.75) is 92.4 Å². The molecule has 0 spiro atoms. The third kappa shape index (κ3) is 8.66. The summed E-state index contributed by atoms with van der Waals surface area (Å²) >= 11 is 0. The van der Waals surface area contributed by atoms with Gasteiger partial charge in [-0.3, -0.25) is 9.55 Å². The van der Waals surface area contributed by atoms with Crippen LogP contribution in [0, 0.1) is 19.9 Å². The Hall–Kier alpha value is -5.57. The van der Waals surface area contributed by atoms with Gasteiger partial charge in [-0.25, -0.2) is 4.98 Å². The number of aromatic hydroxyl groups is 1. The van der Waals surface area contributed by atoms with E-state index in [1.165, 1.54) is 5.56 Å². The molecular weight excluding hydrogens is 926 g/mol. The number of pyridine rings is 1. The molecule has 0 atom stereocenters. The summed E-state index contributed by atoms with van der Waals surface area (Å²) in [7, 11) is 0. The van der Waals surface area contributed by atoms with Crippen LogP contribution in [-0.2, 0) is 37.3 Å². The van der Waals surface area contributed by atoms with E-state index >= 15 is 0 Å². The van der Waals surface area contributed by atoms with Gasteiger partial charge in [-0.15, -0.1) is 29.3 Å². The molecule has 0 saturated heterocycles. The fraction of sp³-hybridized carbons (Fsp3) is 0.250. The van der Waals surface area contributed by atoms with E-state index in [9.17, 15) is 5.11 Å². The normalized spacial score (nSPS) is 13.3. The quantitative estimate of drug-likeness (QED) is 0.169. The van der Waals surface area contributed by atoms with Gasteiger partial charge in [0.15, 0.2) is 0 Å². The molecule has 8 aromatic rings. The number of nitrogens with zero attached hydrogens (tertiary/aromatic N) is 3. The summed E-state index contributed by atoms with van der Waals surface area (Å²) in [5.74, 6) is 0.779. The molecule has 61 heavy (non-hydrogen) atoms. The fourth-order valence-electron chi connectivity index (χ4n) is 7.86. The Morgan fingerprint density at radius 2 is 1.26 bits per heavy atom. The van der Waals surface area contributed by atoms with E-state index in [-0.39, 0.29) is 72.8 Å². The van der Waals surface area contributed by atoms with Gasteiger partial charge in [0.1, 0.15) is 11.6 Å². The Bertz CT molecular complexity index is 3160. The van der Waals surface area contributed by atoms with Crippen molar-refractivity contribution in [1.82, 2.24) is 14.5 Å². The molecule has 1 N–H and O–H groups in total. The Kier molecular flexibility index (Phi) is 9.98. The van der Waals surface area contributed by atoms with Crippen LogP contribution in [0.5, 0.6) is 5.75 Å². The molecule has 2 heterocycles. The van der Waals surface area contributed by atoms with Crippen molar-refractivity contribution in [1.29, 1.82) is 0 Å². The van der Waals surface area contributed by atoms with Gasteiger partial charge < -0.3 is 5.11 Å². The van der Waals surface area contributed by atoms with Crippen molar-refractivity contribution in [2.24, 2.45) is 0 Å². The minimum atomic E-state index is -0.436. The number of phenols is 1. The molecular formula is C56H56N3OPt-. The summed E-state index contributed by atoms with van der Waals surface area (Å²) in [6.07, 6.45) is 1.60. The van der Waals surface area contributed by atoms with E-state index in [0.29, 0.717) is 28.2 Å². The van der Waals surface area contributed by atoms with Crippen LogP contribution in [0.15, 0.2) is 133 Å². The van der Waals surface area contributed by atoms with Crippen molar-refractivity contribution in [3.63, 3.8) is 0 Å². The maximum absolute atomic E-state index is 11.9. The topological polar surface area (TPSA) is 50.9 Å². The first-order valence-corrected chi connectivity index (χ1v) is 20.6. The predicted molar refractivity (Wildman–Crippen MR) is 252 cm³/mol. The fourth-order valence-corrected chi connectivity index (χ4v) is 7.86. The Morgan fingerprint density at radius 3 is 1.93 bits per heavy atom. The number of para-hydroxylation sites is 1. The van der Waals surface area contributed by atoms with Crippen molar-refractivity contribution >= 4 is 11.0 Å². The van der Waals surface area contributed by atoms with Crippen LogP contribution in [0.4, 0.5) is 0 Å². The van der Waals surface area contributed by atoms with Gasteiger partial charge in [0.25, 0.3) is 0 Å². The van der Waals surface area contributed by atoms with E-state index < -0.39 is 6.04 Å². The first-order chi connectivity index (χ1) is 30.4. The van der Waals surface area contributed by atoms with E-state index in [1.807, 2.05) is 32.0 Å². The molecule has 8 rings (SSSR count). The number of aromatic nitrogens is 3. The molecule has 0 bridgehead atoms. The summed E-state index contributed by atoms with van der Waals surface area (Å²) in [6.45, 7) is 23.7. The second-order valence-electron chi connectivity index (χ2n) is 19.1. The molecule has 0 amide bonds. The maximum Gasteiger partial charge on any atom is 0.148 e. The van der Waals surface area contributed by atoms with Crippen LogP contribution in [-0.4, -0.2) is 19.6 Å². The first kappa shape index (κ1) is 37.2. The zero-order valence-corrected chi connectivity index (χ0v) is 39.2. The van der Waals surface area contributed by atoms with Gasteiger partial charge in [-0.05, 0) is 93.3 Å². The van der Waals surface area contributed by atoms with Crippen molar-refractivity contribution in [2.75, 3.05) is 0 Å². The van der Waals surface area contributed by atoms with Crippen LogP contribution in [0.1, 0.15) is 97.0 Å². The number of hydrogen-bond donors (Lipinski definition) is 1. The molecule has 6 aromatic carbocycles. The number of hydrogen-bond acceptors (Lipinski definition) is 3. The van der Waals surface area contributed by atoms with Gasteiger partial charge in [-0.1, -0.05) is 164 Å². The van der Waals surface area contributed by atoms with Crippen molar-refractivity contribution < 1.29 is 33.0 Å². The van der Waals surface area contributed by atoms with Crippen LogP contribution >= 0.6 is 0 Å². The van der Waals surface area contributed by atoms with E-state index in [2.05, 4.69) is 140 Å². The summed E-state index contributed by atoms with van der Waals surface area (Å²) < 4.78 is 44.3. The molecule has 0 unspecified atom stereocenters. The predicted octanol–water partition coefficient (Wildman–Crippen LogP) is 14.8. The van der Waals surface area contributed by atoms with Crippen molar-refractivity contribution in [3.05, 3.63) is 167 Å². The van der Waals surface area contributed by atoms with Crippen LogP contribution in [0.3, 0.4) is 0 Å². The van der Waals surface area contributed by atoms with Gasteiger partial charge in [0.05, 0.1) is 29.1 Å². The monoisotopic (exact) mass is 986 g/mol. The average Bonchev–Trinajstić information content (AvgIpc) is 3.65. The number of phenolic OH excluding ortho intramolecular Hbond substituents is 1. The largest absolute Gasteiger partial charge is 0.507 e. The molecule has 0 aliphatic carbocycles. The molecule has 2 aromatic heterocycles. The zero-order valence-electron chi connectivity index (χ0n) is 41.9. The molecule has 0 fully saturated rings. The van der Waals surface area contributed by atoms with Crippen molar-refractivity contribution in [3.8, 4) is 67.5 Å². The Labute approximate surface area is 384 Å². The van der Waals surface area contributed by atoms with Gasteiger partial charge in [0.2, 0.25) is 0 Å². The number of imidazole rings is 1. The second kappa shape index (κ2) is 16.4. The molecule has 0 aliphatic heterocycles. The zero-order chi connectivity index (χ0) is 47.1. The molecule has 312 valence electrons. The Balaban J connectivity index is 0.00000648. The number of benzene rings is 6. The maximum atomic E-state index is 11.9. The first-order valence-electron chi connectivity index (χ1n) is 23.1. The van der Waals surface area contributed by atoms with Crippen LogP contribution in [0.25, 0.3) is 72.7 Å². The molecule has 5 heteroatoms. The van der Waals surface area contributed by atoms with E-state index in [0.717, 1.165) is 61.2 Å². The third-order valence-corrected chi connectivity index (χ3v) is 11.4. The number of aryl methyl sites for hydroxylation is 2. The molecule has 0 radical (unpaired) electrons. The summed E-state index contributed by atoms with van der Waals surface area (Å²) in [5.41, 5.74) is 13.4. The number of rotatable bonds is 6. The standard InChI is InChI=1S/C56H56N3O.Pt/c1-35-28-36(2)52(60)47(29-35)53-58-51-46(40-30-41(32-44(31-40)56(9,10)11)48-33-39(26-27-57-48)37-16-13-12-14-17-37)18-15-19-49(51)59(53)50-34-43(55(6,7)8)24-25-45(50)38-20-22-42(23-21-38)54(3,4)5;/h12-29,31-34,60H,1-11H3;/q-1;/i12D,13D,14D,16D,17D;. The minimum absolute atomic E-state index is 0. The average molecular weight is 987 g/mol. The summed E-state index contributed by atoms with van der Waals surface area (Å²) in [6, 6.07) is 35.3. The number of fused-ring (bicyclic) bond motifs is 1. The summed E-state index contributed by atoms with van der Waals surface area (Å²) in [5, 5.41) is 11.9. The molecule has 0 aliphatic rings. The van der Waals surface area contributed by atoms with Crippen LogP contribution < -0.4 is 0 Å². The van der Waals surface area contributed by atoms with Crippen LogP contribution in [0.2, 0.25) is 0 Å². The Morgan fingerprint density at radius 1 is 0.607 bits per heavy atom. The third-order valence-electron chi connectivity index (χ3n) is 11.4. The molecule has 4 nitrogen and oxygen atoms in total. The van der Waals surface area contributed by atoms with Gasteiger partial charge in [-0.2, -0.15) is 0 Å². The smallest absolute Gasteiger partial charge is 0.148 e. The molecule has 0 saturated carbocycles. The van der Waals surface area contributed by atoms with E-state index in [4.69, 9.17) is 16.8 Å².